The molecule has 0 unspecified atom stereocenters. The first-order valence-corrected chi connectivity index (χ1v) is 8.92. The third kappa shape index (κ3) is 2.93. The van der Waals surface area contributed by atoms with Crippen molar-refractivity contribution in [1.82, 2.24) is 0 Å². The molecule has 128 valence electrons. The summed E-state index contributed by atoms with van der Waals surface area (Å²) in [6.07, 6.45) is 4.40. The van der Waals surface area contributed by atoms with Crippen LogP contribution in [0.1, 0.15) is 43.2 Å². The fourth-order valence-corrected chi connectivity index (χ4v) is 3.79. The third-order valence-corrected chi connectivity index (χ3v) is 5.37. The summed E-state index contributed by atoms with van der Waals surface area (Å²) in [7, 11) is 0. The minimum atomic E-state index is -0.485. The summed E-state index contributed by atoms with van der Waals surface area (Å²) in [5.74, 6) is 0.440. The highest BCUT2D eigenvalue weighted by molar-refractivity contribution is 6.06. The van der Waals surface area contributed by atoms with Gasteiger partial charge in [0.1, 0.15) is 6.04 Å². The number of carbonyl (C=O) groups excluding carboxylic acids is 2. The largest absolute Gasteiger partial charge is 0.324 e. The lowest BCUT2D eigenvalue weighted by atomic mass is 9.80. The van der Waals surface area contributed by atoms with Gasteiger partial charge in [0.05, 0.1) is 0 Å². The molecule has 1 heterocycles. The van der Waals surface area contributed by atoms with Gasteiger partial charge in [0.25, 0.3) is 0 Å². The van der Waals surface area contributed by atoms with Gasteiger partial charge >= 0.3 is 0 Å². The predicted molar refractivity (Wildman–Crippen MR) is 98.8 cm³/mol. The second kappa shape index (κ2) is 6.36. The summed E-state index contributed by atoms with van der Waals surface area (Å²) in [5.41, 5.74) is 4.02. The summed E-state index contributed by atoms with van der Waals surface area (Å²) < 4.78 is 0. The van der Waals surface area contributed by atoms with Gasteiger partial charge in [-0.2, -0.15) is 0 Å². The SMILES string of the molecule is CC(=O)N1c2ccccc2C[C@H]1C(=O)Nc1ccc(C2CCC2)cc1. The van der Waals surface area contributed by atoms with E-state index in [0.717, 1.165) is 16.9 Å². The number of fused-ring (bicyclic) bond motifs is 1. The second-order valence-electron chi connectivity index (χ2n) is 6.98. The maximum absolute atomic E-state index is 12.8. The summed E-state index contributed by atoms with van der Waals surface area (Å²) >= 11 is 0. The average molecular weight is 334 g/mol. The van der Waals surface area contributed by atoms with Gasteiger partial charge < -0.3 is 5.32 Å². The Bertz CT molecular complexity index is 809. The van der Waals surface area contributed by atoms with Crippen molar-refractivity contribution in [2.24, 2.45) is 0 Å². The van der Waals surface area contributed by atoms with Crippen LogP contribution in [0.25, 0.3) is 0 Å². The fourth-order valence-electron chi connectivity index (χ4n) is 3.79. The molecule has 25 heavy (non-hydrogen) atoms. The molecular weight excluding hydrogens is 312 g/mol. The van der Waals surface area contributed by atoms with Crippen LogP contribution in [0.15, 0.2) is 48.5 Å². The minimum absolute atomic E-state index is 0.106. The van der Waals surface area contributed by atoms with Crippen molar-refractivity contribution in [3.05, 3.63) is 59.7 Å². The Labute approximate surface area is 147 Å². The zero-order valence-corrected chi connectivity index (χ0v) is 14.4. The van der Waals surface area contributed by atoms with Gasteiger partial charge in [-0.3, -0.25) is 14.5 Å². The summed E-state index contributed by atoms with van der Waals surface area (Å²) in [6, 6.07) is 15.4. The van der Waals surface area contributed by atoms with Gasteiger partial charge in [-0.1, -0.05) is 36.8 Å². The summed E-state index contributed by atoms with van der Waals surface area (Å²) in [4.78, 5) is 26.5. The number of carbonyl (C=O) groups is 2. The van der Waals surface area contributed by atoms with Gasteiger partial charge in [-0.05, 0) is 48.1 Å². The molecule has 4 heteroatoms. The van der Waals surface area contributed by atoms with Crippen LogP contribution in [-0.4, -0.2) is 17.9 Å². The van der Waals surface area contributed by atoms with Crippen molar-refractivity contribution in [1.29, 1.82) is 0 Å². The molecule has 1 saturated carbocycles. The monoisotopic (exact) mass is 334 g/mol. The normalized spacial score (nSPS) is 19.2. The first-order chi connectivity index (χ1) is 12.1. The van der Waals surface area contributed by atoms with Gasteiger partial charge in [0.2, 0.25) is 11.8 Å². The minimum Gasteiger partial charge on any atom is -0.324 e. The topological polar surface area (TPSA) is 49.4 Å². The van der Waals surface area contributed by atoms with Crippen LogP contribution in [0.5, 0.6) is 0 Å². The first-order valence-electron chi connectivity index (χ1n) is 8.92. The van der Waals surface area contributed by atoms with Gasteiger partial charge in [0, 0.05) is 24.7 Å². The van der Waals surface area contributed by atoms with Crippen LogP contribution in [0.2, 0.25) is 0 Å². The molecule has 4 nitrogen and oxygen atoms in total. The Hall–Kier alpha value is -2.62. The Balaban J connectivity index is 1.50. The highest BCUT2D eigenvalue weighted by Crippen LogP contribution is 2.37. The Morgan fingerprint density at radius 2 is 1.76 bits per heavy atom. The van der Waals surface area contributed by atoms with Gasteiger partial charge in [-0.25, -0.2) is 0 Å². The molecule has 1 aliphatic heterocycles. The molecule has 1 aliphatic carbocycles. The first kappa shape index (κ1) is 15.9. The zero-order valence-electron chi connectivity index (χ0n) is 14.4. The third-order valence-electron chi connectivity index (χ3n) is 5.37. The number of hydrogen-bond donors (Lipinski definition) is 1. The highest BCUT2D eigenvalue weighted by atomic mass is 16.2. The maximum Gasteiger partial charge on any atom is 0.247 e. The maximum atomic E-state index is 12.8. The van der Waals surface area contributed by atoms with E-state index < -0.39 is 6.04 Å². The number of nitrogens with zero attached hydrogens (tertiary/aromatic N) is 1. The molecule has 2 aromatic carbocycles. The van der Waals surface area contributed by atoms with E-state index in [0.29, 0.717) is 12.3 Å². The molecule has 1 fully saturated rings. The lowest BCUT2D eigenvalue weighted by Gasteiger charge is -2.26. The van der Waals surface area contributed by atoms with E-state index in [4.69, 9.17) is 0 Å². The fraction of sp³-hybridized carbons (Fsp3) is 0.333. The van der Waals surface area contributed by atoms with Crippen LogP contribution in [0, 0.1) is 0 Å². The van der Waals surface area contributed by atoms with Crippen LogP contribution < -0.4 is 10.2 Å². The molecule has 2 aliphatic rings. The smallest absolute Gasteiger partial charge is 0.247 e. The number of amides is 2. The number of benzene rings is 2. The van der Waals surface area contributed by atoms with Crippen LogP contribution >= 0.6 is 0 Å². The number of nitrogens with one attached hydrogen (secondary N) is 1. The Kier molecular flexibility index (Phi) is 4.04. The molecule has 1 atom stereocenters. The van der Waals surface area contributed by atoms with Crippen molar-refractivity contribution in [2.75, 3.05) is 10.2 Å². The van der Waals surface area contributed by atoms with E-state index in [1.165, 1.54) is 31.7 Å². The van der Waals surface area contributed by atoms with Crippen LogP contribution in [0.3, 0.4) is 0 Å². The molecule has 0 aromatic heterocycles. The zero-order chi connectivity index (χ0) is 17.4. The van der Waals surface area contributed by atoms with E-state index >= 15 is 0 Å². The van der Waals surface area contributed by atoms with E-state index in [2.05, 4.69) is 17.4 Å². The van der Waals surface area contributed by atoms with Gasteiger partial charge in [0.15, 0.2) is 0 Å². The highest BCUT2D eigenvalue weighted by Gasteiger charge is 2.36. The number of rotatable bonds is 3. The van der Waals surface area contributed by atoms with Crippen LogP contribution in [-0.2, 0) is 16.0 Å². The number of anilines is 2. The lowest BCUT2D eigenvalue weighted by Crippen LogP contribution is -2.44. The molecular formula is C21H22N2O2. The standard InChI is InChI=1S/C21H22N2O2/c1-14(24)23-19-8-3-2-5-17(19)13-20(23)21(25)22-18-11-9-16(10-12-18)15-6-4-7-15/h2-3,5,8-12,15,20H,4,6-7,13H2,1H3,(H,22,25)/t20-/m0/s1. The number of hydrogen-bond acceptors (Lipinski definition) is 2. The predicted octanol–water partition coefficient (Wildman–Crippen LogP) is 3.87. The van der Waals surface area contributed by atoms with Crippen LogP contribution in [0.4, 0.5) is 11.4 Å². The number of para-hydroxylation sites is 1. The Morgan fingerprint density at radius 3 is 2.40 bits per heavy atom. The van der Waals surface area contributed by atoms with Crippen molar-refractivity contribution in [2.45, 2.75) is 44.6 Å². The van der Waals surface area contributed by atoms with Crippen molar-refractivity contribution >= 4 is 23.2 Å². The van der Waals surface area contributed by atoms with Crippen molar-refractivity contribution in [3.63, 3.8) is 0 Å². The molecule has 4 rings (SSSR count). The van der Waals surface area contributed by atoms with Gasteiger partial charge in [-0.15, -0.1) is 0 Å². The van der Waals surface area contributed by atoms with Crippen molar-refractivity contribution in [3.8, 4) is 0 Å². The van der Waals surface area contributed by atoms with E-state index in [1.54, 1.807) is 4.90 Å². The molecule has 2 aromatic rings. The molecule has 0 radical (unpaired) electrons. The Morgan fingerprint density at radius 1 is 1.04 bits per heavy atom. The average Bonchev–Trinajstić information content (AvgIpc) is 2.95. The van der Waals surface area contributed by atoms with E-state index in [9.17, 15) is 9.59 Å². The summed E-state index contributed by atoms with van der Waals surface area (Å²) in [6.45, 7) is 1.51. The summed E-state index contributed by atoms with van der Waals surface area (Å²) in [5, 5.41) is 2.97. The quantitative estimate of drug-likeness (QED) is 0.926. The van der Waals surface area contributed by atoms with E-state index in [-0.39, 0.29) is 11.8 Å². The molecule has 0 spiro atoms. The molecule has 0 saturated heterocycles. The van der Waals surface area contributed by atoms with Crippen molar-refractivity contribution < 1.29 is 9.59 Å². The molecule has 1 N–H and O–H groups in total. The molecule has 2 amide bonds. The second-order valence-corrected chi connectivity index (χ2v) is 6.98. The molecule has 0 bridgehead atoms. The lowest BCUT2D eigenvalue weighted by molar-refractivity contribution is -0.122. The van der Waals surface area contributed by atoms with E-state index in [1.807, 2.05) is 36.4 Å².